The Kier molecular flexibility index (Phi) is 8.04. The molecule has 0 unspecified atom stereocenters. The molecule has 10 nitrogen and oxygen atoms in total. The van der Waals surface area contributed by atoms with Crippen LogP contribution in [0.2, 0.25) is 0 Å². The Balaban J connectivity index is 0.000000182. The molecule has 10 heteroatoms. The molecule has 44 heavy (non-hydrogen) atoms. The number of aliphatic carboxylic acids is 1. The molecule has 0 radical (unpaired) electrons. The van der Waals surface area contributed by atoms with E-state index in [1.807, 2.05) is 77.3 Å². The summed E-state index contributed by atoms with van der Waals surface area (Å²) in [6.07, 6.45) is 4.01. The van der Waals surface area contributed by atoms with E-state index >= 15 is 0 Å². The van der Waals surface area contributed by atoms with Gasteiger partial charge in [-0.25, -0.2) is 0 Å². The highest BCUT2D eigenvalue weighted by Gasteiger charge is 2.11. The summed E-state index contributed by atoms with van der Waals surface area (Å²) in [6, 6.07) is 29.4. The Morgan fingerprint density at radius 1 is 0.750 bits per heavy atom. The number of benzene rings is 3. The van der Waals surface area contributed by atoms with Gasteiger partial charge in [0.2, 0.25) is 0 Å². The highest BCUT2D eigenvalue weighted by molar-refractivity contribution is 5.82. The van der Waals surface area contributed by atoms with Crippen molar-refractivity contribution in [3.8, 4) is 22.8 Å². The molecule has 0 saturated heterocycles. The normalized spacial score (nSPS) is 10.9. The van der Waals surface area contributed by atoms with Crippen LogP contribution < -0.4 is 9.47 Å². The molecule has 4 heterocycles. The average molecular weight is 585 g/mol. The molecular formula is C34H28N6O4. The van der Waals surface area contributed by atoms with Crippen molar-refractivity contribution in [1.29, 1.82) is 0 Å². The van der Waals surface area contributed by atoms with Gasteiger partial charge in [-0.05, 0) is 59.7 Å². The minimum atomic E-state index is -0.838. The van der Waals surface area contributed by atoms with Crippen LogP contribution in [-0.4, -0.2) is 55.1 Å². The molecule has 0 bridgehead atoms. The average Bonchev–Trinajstić information content (AvgIpc) is 3.46. The summed E-state index contributed by atoms with van der Waals surface area (Å²) in [5.41, 5.74) is 6.32. The molecule has 0 spiro atoms. The lowest BCUT2D eigenvalue weighted by Gasteiger charge is -2.05. The molecule has 0 aliphatic heterocycles. The molecule has 0 aliphatic rings. The highest BCUT2D eigenvalue weighted by atomic mass is 16.5. The first-order valence-electron chi connectivity index (χ1n) is 13.8. The number of nitrogens with zero attached hydrogens (tertiary/aromatic N) is 6. The second kappa shape index (κ2) is 12.5. The van der Waals surface area contributed by atoms with Gasteiger partial charge in [-0.3, -0.25) is 14.8 Å². The van der Waals surface area contributed by atoms with Crippen molar-refractivity contribution in [2.45, 2.75) is 12.8 Å². The molecule has 218 valence electrons. The van der Waals surface area contributed by atoms with Gasteiger partial charge >= 0.3 is 5.97 Å². The summed E-state index contributed by atoms with van der Waals surface area (Å²) < 4.78 is 12.2. The molecule has 0 fully saturated rings. The van der Waals surface area contributed by atoms with E-state index in [1.165, 1.54) is 0 Å². The summed E-state index contributed by atoms with van der Waals surface area (Å²) in [5, 5.41) is 24.0. The number of methoxy groups -OCH3 is 2. The third-order valence-corrected chi connectivity index (χ3v) is 7.03. The minimum absolute atomic E-state index is 0.0210. The van der Waals surface area contributed by atoms with Gasteiger partial charge in [0.25, 0.3) is 0 Å². The van der Waals surface area contributed by atoms with Crippen LogP contribution in [0.4, 0.5) is 0 Å². The maximum absolute atomic E-state index is 10.6. The van der Waals surface area contributed by atoms with Crippen molar-refractivity contribution in [2.24, 2.45) is 0 Å². The lowest BCUT2D eigenvalue weighted by atomic mass is 10.1. The van der Waals surface area contributed by atoms with E-state index in [1.54, 1.807) is 32.7 Å². The number of hydrogen-bond donors (Lipinski definition) is 1. The SMILES string of the molecule is COc1cnc2ccc(CC(=O)O)cc2c1.COc1cnc2ccc(Cc3nnc4ccc(-c5ccccc5)nn34)cc2c1. The number of carboxylic acid groups (broad SMARTS) is 1. The third kappa shape index (κ3) is 6.29. The molecule has 7 rings (SSSR count). The molecule has 4 aromatic heterocycles. The van der Waals surface area contributed by atoms with Gasteiger partial charge in [0.1, 0.15) is 11.5 Å². The van der Waals surface area contributed by atoms with Crippen molar-refractivity contribution in [3.05, 3.63) is 120 Å². The maximum atomic E-state index is 10.6. The van der Waals surface area contributed by atoms with Crippen LogP contribution in [-0.2, 0) is 17.6 Å². The van der Waals surface area contributed by atoms with Gasteiger partial charge in [-0.15, -0.1) is 10.2 Å². The second-order valence-corrected chi connectivity index (χ2v) is 10.0. The molecular weight excluding hydrogens is 556 g/mol. The Bertz CT molecular complexity index is 2100. The zero-order chi connectivity index (χ0) is 30.5. The second-order valence-electron chi connectivity index (χ2n) is 10.0. The van der Waals surface area contributed by atoms with E-state index in [0.29, 0.717) is 12.2 Å². The largest absolute Gasteiger partial charge is 0.495 e. The van der Waals surface area contributed by atoms with Crippen LogP contribution in [0.3, 0.4) is 0 Å². The standard InChI is InChI=1S/C22H17N5O.C12H11NO3/c1-28-18-13-17-11-15(7-8-19(17)23-14-18)12-22-25-24-21-10-9-20(26-27(21)22)16-5-3-2-4-6-16;1-16-10-6-9-4-8(5-12(14)15)2-3-11(9)13-7-10/h2-11,13-14H,12H2,1H3;2-4,6-7H,5H2,1H3,(H,14,15). The lowest BCUT2D eigenvalue weighted by molar-refractivity contribution is -0.136. The van der Waals surface area contributed by atoms with Crippen LogP contribution in [0.5, 0.6) is 11.5 Å². The van der Waals surface area contributed by atoms with Crippen molar-refractivity contribution < 1.29 is 19.4 Å². The number of fused-ring (bicyclic) bond motifs is 3. The van der Waals surface area contributed by atoms with Crippen LogP contribution >= 0.6 is 0 Å². The predicted molar refractivity (Wildman–Crippen MR) is 167 cm³/mol. The fourth-order valence-electron chi connectivity index (χ4n) is 4.83. The van der Waals surface area contributed by atoms with Gasteiger partial charge < -0.3 is 14.6 Å². The van der Waals surface area contributed by atoms with E-state index in [9.17, 15) is 4.79 Å². The molecule has 0 aliphatic carbocycles. The zero-order valence-corrected chi connectivity index (χ0v) is 24.1. The fraction of sp³-hybridized carbons (Fsp3) is 0.118. The summed E-state index contributed by atoms with van der Waals surface area (Å²) in [7, 11) is 3.22. The molecule has 1 N–H and O–H groups in total. The lowest BCUT2D eigenvalue weighted by Crippen LogP contribution is -2.01. The molecule has 3 aromatic carbocycles. The van der Waals surface area contributed by atoms with Gasteiger partial charge in [-0.1, -0.05) is 42.5 Å². The van der Waals surface area contributed by atoms with Crippen LogP contribution in [0.15, 0.2) is 103 Å². The number of carboxylic acids is 1. The molecule has 0 atom stereocenters. The molecule has 0 amide bonds. The van der Waals surface area contributed by atoms with Gasteiger partial charge in [0, 0.05) is 22.8 Å². The summed E-state index contributed by atoms with van der Waals surface area (Å²) in [4.78, 5) is 19.2. The van der Waals surface area contributed by atoms with Crippen molar-refractivity contribution >= 4 is 33.4 Å². The van der Waals surface area contributed by atoms with Gasteiger partial charge in [-0.2, -0.15) is 9.61 Å². The van der Waals surface area contributed by atoms with E-state index in [-0.39, 0.29) is 6.42 Å². The highest BCUT2D eigenvalue weighted by Crippen LogP contribution is 2.22. The van der Waals surface area contributed by atoms with E-state index in [0.717, 1.165) is 61.4 Å². The van der Waals surface area contributed by atoms with Gasteiger partial charge in [0.05, 0.1) is 49.8 Å². The molecule has 7 aromatic rings. The Hall–Kier alpha value is -5.90. The number of hydrogen-bond acceptors (Lipinski definition) is 8. The maximum Gasteiger partial charge on any atom is 0.307 e. The topological polar surface area (TPSA) is 125 Å². The Morgan fingerprint density at radius 2 is 1.39 bits per heavy atom. The first-order valence-corrected chi connectivity index (χ1v) is 13.8. The van der Waals surface area contributed by atoms with Gasteiger partial charge in [0.15, 0.2) is 11.5 Å². The Labute approximate surface area is 252 Å². The van der Waals surface area contributed by atoms with E-state index in [2.05, 4.69) is 32.3 Å². The van der Waals surface area contributed by atoms with Crippen molar-refractivity contribution in [3.63, 3.8) is 0 Å². The summed E-state index contributed by atoms with van der Waals surface area (Å²) in [5.74, 6) is 1.37. The number of rotatable bonds is 7. The minimum Gasteiger partial charge on any atom is -0.495 e. The summed E-state index contributed by atoms with van der Waals surface area (Å²) >= 11 is 0. The number of pyridine rings is 2. The first-order chi connectivity index (χ1) is 21.5. The van der Waals surface area contributed by atoms with Crippen molar-refractivity contribution in [2.75, 3.05) is 14.2 Å². The number of ether oxygens (including phenoxy) is 2. The van der Waals surface area contributed by atoms with E-state index < -0.39 is 5.97 Å². The third-order valence-electron chi connectivity index (χ3n) is 7.03. The van der Waals surface area contributed by atoms with Crippen molar-refractivity contribution in [1.82, 2.24) is 29.8 Å². The number of aromatic nitrogens is 6. The fourth-order valence-corrected chi connectivity index (χ4v) is 4.83. The smallest absolute Gasteiger partial charge is 0.307 e. The summed E-state index contributed by atoms with van der Waals surface area (Å²) in [6.45, 7) is 0. The van der Waals surface area contributed by atoms with Crippen LogP contribution in [0.25, 0.3) is 38.7 Å². The monoisotopic (exact) mass is 584 g/mol. The number of carbonyl (C=O) groups is 1. The quantitative estimate of drug-likeness (QED) is 0.247. The van der Waals surface area contributed by atoms with E-state index in [4.69, 9.17) is 19.7 Å². The zero-order valence-electron chi connectivity index (χ0n) is 24.1. The predicted octanol–water partition coefficient (Wildman–Crippen LogP) is 5.81. The Morgan fingerprint density at radius 3 is 2.02 bits per heavy atom. The first kappa shape index (κ1) is 28.2. The van der Waals surface area contributed by atoms with Crippen LogP contribution in [0.1, 0.15) is 17.0 Å². The van der Waals surface area contributed by atoms with Crippen LogP contribution in [0, 0.1) is 0 Å². The molecule has 0 saturated carbocycles.